The molecule has 0 aliphatic heterocycles. The predicted octanol–water partition coefficient (Wildman–Crippen LogP) is 4.21. The van der Waals surface area contributed by atoms with E-state index in [0.717, 1.165) is 12.0 Å². The second-order valence-corrected chi connectivity index (χ2v) is 7.32. The van der Waals surface area contributed by atoms with Gasteiger partial charge in [-0.3, -0.25) is 4.79 Å². The van der Waals surface area contributed by atoms with Crippen molar-refractivity contribution >= 4 is 27.0 Å². The summed E-state index contributed by atoms with van der Waals surface area (Å²) in [7, 11) is 3.33. The van der Waals surface area contributed by atoms with Gasteiger partial charge in [-0.2, -0.15) is 0 Å². The fraction of sp³-hybridized carbons (Fsp3) is 0.368. The van der Waals surface area contributed by atoms with Crippen LogP contribution in [-0.4, -0.2) is 27.8 Å². The molecule has 0 spiro atoms. The first-order valence-corrected chi connectivity index (χ1v) is 9.20. The third-order valence-corrected chi connectivity index (χ3v) is 4.98. The molecule has 26 heavy (non-hydrogen) atoms. The highest BCUT2D eigenvalue weighted by atomic mass is 79.9. The van der Waals surface area contributed by atoms with E-state index in [4.69, 9.17) is 4.74 Å². The van der Waals surface area contributed by atoms with Gasteiger partial charge >= 0.3 is 0 Å². The van der Waals surface area contributed by atoms with Crippen LogP contribution in [-0.2, 0) is 11.8 Å². The molecule has 2 heterocycles. The summed E-state index contributed by atoms with van der Waals surface area (Å²) in [5.74, 6) is 0.281. The summed E-state index contributed by atoms with van der Waals surface area (Å²) < 4.78 is 24.2. The number of rotatable bonds is 5. The lowest BCUT2D eigenvalue weighted by Gasteiger charge is -2.20. The quantitative estimate of drug-likeness (QED) is 0.619. The van der Waals surface area contributed by atoms with Crippen LogP contribution >= 0.6 is 15.9 Å². The Hall–Kier alpha value is -1.99. The van der Waals surface area contributed by atoms with E-state index in [1.807, 2.05) is 11.5 Å². The summed E-state index contributed by atoms with van der Waals surface area (Å²) in [6.45, 7) is 4.24. The average Bonchev–Trinajstić information content (AvgIpc) is 2.96. The van der Waals surface area contributed by atoms with Crippen molar-refractivity contribution in [2.75, 3.05) is 13.7 Å². The molecular weight excluding hydrogens is 401 g/mol. The Morgan fingerprint density at radius 3 is 2.69 bits per heavy atom. The second kappa shape index (κ2) is 7.32. The minimum Gasteiger partial charge on any atom is -0.383 e. The van der Waals surface area contributed by atoms with Crippen molar-refractivity contribution in [3.63, 3.8) is 0 Å². The molecule has 2 aromatic heterocycles. The van der Waals surface area contributed by atoms with Crippen LogP contribution in [0.5, 0.6) is 0 Å². The van der Waals surface area contributed by atoms with E-state index < -0.39 is 0 Å². The van der Waals surface area contributed by atoms with Gasteiger partial charge in [0, 0.05) is 36.0 Å². The van der Waals surface area contributed by atoms with E-state index in [9.17, 15) is 9.18 Å². The Balaban J connectivity index is 2.37. The highest BCUT2D eigenvalue weighted by Gasteiger charge is 2.23. The maximum atomic E-state index is 14.8. The first-order valence-electron chi connectivity index (χ1n) is 8.40. The molecule has 1 atom stereocenters. The monoisotopic (exact) mass is 421 g/mol. The highest BCUT2D eigenvalue weighted by Crippen LogP contribution is 2.33. The molecule has 1 aromatic carbocycles. The van der Waals surface area contributed by atoms with Gasteiger partial charge in [-0.05, 0) is 31.5 Å². The fourth-order valence-corrected chi connectivity index (χ4v) is 3.69. The summed E-state index contributed by atoms with van der Waals surface area (Å²) in [5.41, 5.74) is 2.33. The van der Waals surface area contributed by atoms with Gasteiger partial charge in [-0.25, -0.2) is 9.37 Å². The molecule has 0 saturated heterocycles. The number of nitrogens with zero attached hydrogens (tertiary/aromatic N) is 3. The molecule has 5 nitrogen and oxygen atoms in total. The third kappa shape index (κ3) is 3.21. The van der Waals surface area contributed by atoms with Gasteiger partial charge in [-0.1, -0.05) is 22.9 Å². The molecule has 0 saturated carbocycles. The van der Waals surface area contributed by atoms with E-state index in [1.165, 1.54) is 10.6 Å². The molecule has 3 rings (SSSR count). The molecule has 138 valence electrons. The van der Waals surface area contributed by atoms with Gasteiger partial charge in [0.15, 0.2) is 0 Å². The Morgan fingerprint density at radius 1 is 1.35 bits per heavy atom. The van der Waals surface area contributed by atoms with Gasteiger partial charge in [0.1, 0.15) is 17.2 Å². The number of aromatic nitrogens is 3. The number of ether oxygens (including phenoxy) is 1. The number of methoxy groups -OCH3 is 1. The topological polar surface area (TPSA) is 49.0 Å². The average molecular weight is 422 g/mol. The smallest absolute Gasteiger partial charge is 0.253 e. The highest BCUT2D eigenvalue weighted by molar-refractivity contribution is 9.10. The van der Waals surface area contributed by atoms with Crippen molar-refractivity contribution < 1.29 is 9.13 Å². The maximum Gasteiger partial charge on any atom is 0.253 e. The van der Waals surface area contributed by atoms with E-state index >= 15 is 0 Å². The number of benzene rings is 1. The first-order chi connectivity index (χ1) is 12.4. The minimum absolute atomic E-state index is 0.0609. The number of hydrogen-bond acceptors (Lipinski definition) is 3. The summed E-state index contributed by atoms with van der Waals surface area (Å²) in [6.07, 6.45) is 2.49. The zero-order chi connectivity index (χ0) is 19.0. The van der Waals surface area contributed by atoms with Crippen LogP contribution in [0, 0.1) is 12.7 Å². The molecule has 0 aliphatic rings. The normalized spacial score (nSPS) is 12.7. The van der Waals surface area contributed by atoms with Crippen molar-refractivity contribution in [3.05, 3.63) is 50.6 Å². The third-order valence-electron chi connectivity index (χ3n) is 4.52. The number of halogens is 2. The standard InChI is InChI=1S/C19H21BrFN3O2/c1-5-14(10-26-4)24-17-15(21)7-13(20)8-16(17)22-18(24)12-6-11(2)19(25)23(3)9-12/h6-9,14H,5,10H2,1-4H3. The Bertz CT molecular complexity index is 1000. The molecule has 0 N–H and O–H groups in total. The van der Waals surface area contributed by atoms with Gasteiger partial charge in [0.25, 0.3) is 5.56 Å². The summed E-state index contributed by atoms with van der Waals surface area (Å²) in [5, 5.41) is 0. The predicted molar refractivity (Wildman–Crippen MR) is 104 cm³/mol. The number of aryl methyl sites for hydroxylation is 2. The molecule has 3 aromatic rings. The van der Waals surface area contributed by atoms with Gasteiger partial charge < -0.3 is 13.9 Å². The Kier molecular flexibility index (Phi) is 5.29. The largest absolute Gasteiger partial charge is 0.383 e. The summed E-state index contributed by atoms with van der Waals surface area (Å²) in [4.78, 5) is 16.7. The van der Waals surface area contributed by atoms with Crippen molar-refractivity contribution in [1.82, 2.24) is 14.1 Å². The van der Waals surface area contributed by atoms with Crippen LogP contribution in [0.2, 0.25) is 0 Å². The molecular formula is C19H21BrFN3O2. The van der Waals surface area contributed by atoms with E-state index in [-0.39, 0.29) is 17.4 Å². The van der Waals surface area contributed by atoms with Crippen LogP contribution in [0.1, 0.15) is 24.9 Å². The zero-order valence-electron chi connectivity index (χ0n) is 15.2. The van der Waals surface area contributed by atoms with Crippen molar-refractivity contribution in [3.8, 4) is 11.4 Å². The van der Waals surface area contributed by atoms with Crippen molar-refractivity contribution in [2.24, 2.45) is 7.05 Å². The van der Waals surface area contributed by atoms with Gasteiger partial charge in [0.05, 0.1) is 18.2 Å². The number of pyridine rings is 1. The minimum atomic E-state index is -0.343. The Labute approximate surface area is 159 Å². The lowest BCUT2D eigenvalue weighted by Crippen LogP contribution is -2.20. The second-order valence-electron chi connectivity index (χ2n) is 6.41. The molecule has 0 amide bonds. The van der Waals surface area contributed by atoms with Crippen LogP contribution in [0.15, 0.2) is 33.7 Å². The van der Waals surface area contributed by atoms with Gasteiger partial charge in [-0.15, -0.1) is 0 Å². The van der Waals surface area contributed by atoms with Crippen molar-refractivity contribution in [1.29, 1.82) is 0 Å². The summed E-state index contributed by atoms with van der Waals surface area (Å²) in [6, 6.07) is 4.96. The van der Waals surface area contributed by atoms with Crippen LogP contribution in [0.3, 0.4) is 0 Å². The van der Waals surface area contributed by atoms with Crippen LogP contribution in [0.25, 0.3) is 22.4 Å². The lowest BCUT2D eigenvalue weighted by atomic mass is 10.1. The molecule has 0 fully saturated rings. The number of imidazole rings is 1. The van der Waals surface area contributed by atoms with Crippen LogP contribution in [0.4, 0.5) is 4.39 Å². The molecule has 7 heteroatoms. The zero-order valence-corrected chi connectivity index (χ0v) is 16.8. The molecule has 0 aliphatic carbocycles. The maximum absolute atomic E-state index is 14.8. The first kappa shape index (κ1) is 18.8. The molecule has 1 unspecified atom stereocenters. The van der Waals surface area contributed by atoms with Crippen molar-refractivity contribution in [2.45, 2.75) is 26.3 Å². The molecule has 0 bridgehead atoms. The van der Waals surface area contributed by atoms with E-state index in [2.05, 4.69) is 20.9 Å². The number of fused-ring (bicyclic) bond motifs is 1. The summed E-state index contributed by atoms with van der Waals surface area (Å²) >= 11 is 3.33. The number of hydrogen-bond donors (Lipinski definition) is 0. The fourth-order valence-electron chi connectivity index (χ4n) is 3.28. The van der Waals surface area contributed by atoms with E-state index in [1.54, 1.807) is 39.4 Å². The lowest BCUT2D eigenvalue weighted by molar-refractivity contribution is 0.155. The van der Waals surface area contributed by atoms with Crippen LogP contribution < -0.4 is 5.56 Å². The van der Waals surface area contributed by atoms with E-state index in [0.29, 0.717) is 33.5 Å². The van der Waals surface area contributed by atoms with Gasteiger partial charge in [0.2, 0.25) is 0 Å². The Morgan fingerprint density at radius 2 is 2.08 bits per heavy atom. The SMILES string of the molecule is CCC(COC)n1c(-c2cc(C)c(=O)n(C)c2)nc2cc(Br)cc(F)c21. The molecule has 0 radical (unpaired) electrons.